The Hall–Kier alpha value is -1.46. The molecule has 0 saturated carbocycles. The van der Waals surface area contributed by atoms with E-state index in [0.29, 0.717) is 13.0 Å². The lowest BCUT2D eigenvalue weighted by molar-refractivity contribution is -0.141. The van der Waals surface area contributed by atoms with Crippen molar-refractivity contribution in [2.75, 3.05) is 6.61 Å². The molecule has 0 spiro atoms. The van der Waals surface area contributed by atoms with Crippen molar-refractivity contribution < 1.29 is 9.53 Å². The maximum absolute atomic E-state index is 10.3. The lowest BCUT2D eigenvalue weighted by Gasteiger charge is -1.94. The lowest BCUT2D eigenvalue weighted by Crippen LogP contribution is -2.00. The van der Waals surface area contributed by atoms with Crippen molar-refractivity contribution in [3.63, 3.8) is 0 Å². The van der Waals surface area contributed by atoms with E-state index in [1.165, 1.54) is 12.1 Å². The fraction of sp³-hybridized carbons (Fsp3) is 0.375. The molecule has 0 aromatic carbocycles. The van der Waals surface area contributed by atoms with Crippen molar-refractivity contribution in [2.45, 2.75) is 13.3 Å². The fourth-order valence-electron chi connectivity index (χ4n) is 0.254. The molecule has 4 nitrogen and oxygen atoms in total. The van der Waals surface area contributed by atoms with E-state index in [1.807, 2.05) is 0 Å². The third-order valence-corrected chi connectivity index (χ3v) is 0.701. The zero-order chi connectivity index (χ0) is 9.82. The van der Waals surface area contributed by atoms with E-state index < -0.39 is 0 Å². The van der Waals surface area contributed by atoms with Gasteiger partial charge in [-0.2, -0.15) is 24.0 Å². The van der Waals surface area contributed by atoms with E-state index in [0.717, 1.165) is 0 Å². The minimum absolute atomic E-state index is 0. The SMILES string of the molecule is C=CCOC(=O)CC.N#CC#N.S. The summed E-state index contributed by atoms with van der Waals surface area (Å²) in [7, 11) is 0. The normalized spacial score (nSPS) is 5.77. The van der Waals surface area contributed by atoms with Gasteiger partial charge in [0.25, 0.3) is 0 Å². The van der Waals surface area contributed by atoms with Crippen LogP contribution in [0.15, 0.2) is 12.7 Å². The summed E-state index contributed by atoms with van der Waals surface area (Å²) in [5.41, 5.74) is 0. The third-order valence-electron chi connectivity index (χ3n) is 0.701. The second-order valence-corrected chi connectivity index (χ2v) is 1.55. The van der Waals surface area contributed by atoms with Gasteiger partial charge in [0.2, 0.25) is 0 Å². The summed E-state index contributed by atoms with van der Waals surface area (Å²) in [6, 6.07) is 2.47. The van der Waals surface area contributed by atoms with Gasteiger partial charge in [-0.25, -0.2) is 0 Å². The number of rotatable bonds is 3. The Kier molecular flexibility index (Phi) is 22.8. The van der Waals surface area contributed by atoms with Crippen LogP contribution in [-0.4, -0.2) is 12.6 Å². The van der Waals surface area contributed by atoms with E-state index >= 15 is 0 Å². The van der Waals surface area contributed by atoms with E-state index in [2.05, 4.69) is 11.3 Å². The molecule has 5 heteroatoms. The molecule has 0 fully saturated rings. The van der Waals surface area contributed by atoms with Crippen LogP contribution in [0.3, 0.4) is 0 Å². The van der Waals surface area contributed by atoms with E-state index in [4.69, 9.17) is 10.5 Å². The van der Waals surface area contributed by atoms with Crippen LogP contribution in [0, 0.1) is 22.7 Å². The first-order chi connectivity index (χ1) is 5.72. The summed E-state index contributed by atoms with van der Waals surface area (Å²) in [5.74, 6) is -0.176. The molecule has 0 rings (SSSR count). The van der Waals surface area contributed by atoms with Crippen molar-refractivity contribution >= 4 is 19.5 Å². The van der Waals surface area contributed by atoms with Crippen molar-refractivity contribution in [2.24, 2.45) is 0 Å². The summed E-state index contributed by atoms with van der Waals surface area (Å²) in [6.07, 6.45) is 1.99. The molecular formula is C8H12N2O2S. The van der Waals surface area contributed by atoms with Crippen LogP contribution < -0.4 is 0 Å². The molecule has 0 saturated heterocycles. The van der Waals surface area contributed by atoms with Crippen LogP contribution in [0.25, 0.3) is 0 Å². The van der Waals surface area contributed by atoms with Gasteiger partial charge in [0.1, 0.15) is 6.61 Å². The van der Waals surface area contributed by atoms with Gasteiger partial charge in [-0.3, -0.25) is 4.79 Å². The number of hydrogen-bond acceptors (Lipinski definition) is 4. The predicted molar refractivity (Wildman–Crippen MR) is 53.1 cm³/mol. The van der Waals surface area contributed by atoms with Crippen LogP contribution in [0.1, 0.15) is 13.3 Å². The average molecular weight is 200 g/mol. The first-order valence-electron chi connectivity index (χ1n) is 3.27. The number of nitrogens with zero attached hydrogens (tertiary/aromatic N) is 2. The highest BCUT2D eigenvalue weighted by molar-refractivity contribution is 7.59. The zero-order valence-electron chi connectivity index (χ0n) is 7.41. The van der Waals surface area contributed by atoms with Gasteiger partial charge in [-0.05, 0) is 0 Å². The van der Waals surface area contributed by atoms with Gasteiger partial charge in [-0.1, -0.05) is 19.6 Å². The molecule has 0 N–H and O–H groups in total. The quantitative estimate of drug-likeness (QED) is 0.508. The van der Waals surface area contributed by atoms with Crippen molar-refractivity contribution in [3.05, 3.63) is 12.7 Å². The third kappa shape index (κ3) is 25.0. The molecule has 0 radical (unpaired) electrons. The molecular weight excluding hydrogens is 188 g/mol. The second kappa shape index (κ2) is 16.9. The standard InChI is InChI=1S/C6H10O2.C2N2.H2S/c1-3-5-8-6(7)4-2;3-1-2-4;/h3H,1,4-5H2,2H3;;1H2. The maximum atomic E-state index is 10.3. The summed E-state index contributed by atoms with van der Waals surface area (Å²) < 4.78 is 4.58. The van der Waals surface area contributed by atoms with Gasteiger partial charge in [-0.15, -0.1) is 0 Å². The van der Waals surface area contributed by atoms with Crippen molar-refractivity contribution in [1.29, 1.82) is 10.5 Å². The molecule has 0 aromatic heterocycles. The highest BCUT2D eigenvalue weighted by atomic mass is 32.1. The Morgan fingerprint density at radius 1 is 1.54 bits per heavy atom. The van der Waals surface area contributed by atoms with Crippen LogP contribution in [-0.2, 0) is 9.53 Å². The highest BCUT2D eigenvalue weighted by Gasteiger charge is 1.92. The number of ether oxygens (including phenoxy) is 1. The number of hydrogen-bond donors (Lipinski definition) is 0. The maximum Gasteiger partial charge on any atom is 0.305 e. The van der Waals surface area contributed by atoms with E-state index in [-0.39, 0.29) is 19.5 Å². The second-order valence-electron chi connectivity index (χ2n) is 1.55. The van der Waals surface area contributed by atoms with Crippen molar-refractivity contribution in [3.8, 4) is 12.1 Å². The number of nitriles is 2. The summed E-state index contributed by atoms with van der Waals surface area (Å²) in [4.78, 5) is 10.3. The molecule has 0 aromatic rings. The van der Waals surface area contributed by atoms with Gasteiger partial charge >= 0.3 is 5.97 Å². The van der Waals surface area contributed by atoms with Gasteiger partial charge in [0.15, 0.2) is 12.1 Å². The van der Waals surface area contributed by atoms with Crippen molar-refractivity contribution in [1.82, 2.24) is 0 Å². The summed E-state index contributed by atoms with van der Waals surface area (Å²) in [6.45, 7) is 5.47. The molecule has 13 heavy (non-hydrogen) atoms. The molecule has 0 heterocycles. The van der Waals surface area contributed by atoms with E-state index in [1.54, 1.807) is 13.0 Å². The Morgan fingerprint density at radius 3 is 2.23 bits per heavy atom. The molecule has 72 valence electrons. The minimum atomic E-state index is -0.176. The smallest absolute Gasteiger partial charge is 0.305 e. The Balaban J connectivity index is -0.000000173. The first kappa shape index (κ1) is 17.6. The molecule has 0 aliphatic carbocycles. The molecule has 0 aliphatic heterocycles. The van der Waals surface area contributed by atoms with Crippen LogP contribution >= 0.6 is 13.5 Å². The predicted octanol–water partition coefficient (Wildman–Crippen LogP) is 1.27. The fourth-order valence-corrected chi connectivity index (χ4v) is 0.254. The Morgan fingerprint density at radius 2 is 2.00 bits per heavy atom. The number of carbonyl (C=O) groups excluding carboxylic acids is 1. The minimum Gasteiger partial charge on any atom is -0.461 e. The monoisotopic (exact) mass is 200 g/mol. The largest absolute Gasteiger partial charge is 0.461 e. The highest BCUT2D eigenvalue weighted by Crippen LogP contribution is 1.82. The lowest BCUT2D eigenvalue weighted by atomic mass is 10.5. The molecule has 0 atom stereocenters. The number of carbonyl (C=O) groups is 1. The van der Waals surface area contributed by atoms with Gasteiger partial charge < -0.3 is 4.74 Å². The topological polar surface area (TPSA) is 73.9 Å². The molecule has 0 bridgehead atoms. The molecule has 0 unspecified atom stereocenters. The first-order valence-corrected chi connectivity index (χ1v) is 3.27. The Labute approximate surface area is 84.9 Å². The van der Waals surface area contributed by atoms with E-state index in [9.17, 15) is 4.79 Å². The van der Waals surface area contributed by atoms with Crippen LogP contribution in [0.2, 0.25) is 0 Å². The number of esters is 1. The van der Waals surface area contributed by atoms with Crippen LogP contribution in [0.5, 0.6) is 0 Å². The van der Waals surface area contributed by atoms with Gasteiger partial charge in [0, 0.05) is 6.42 Å². The van der Waals surface area contributed by atoms with Gasteiger partial charge in [0.05, 0.1) is 0 Å². The zero-order valence-corrected chi connectivity index (χ0v) is 8.41. The summed E-state index contributed by atoms with van der Waals surface area (Å²) >= 11 is 0. The summed E-state index contributed by atoms with van der Waals surface area (Å²) in [5, 5.41) is 14.5. The molecule has 0 amide bonds. The van der Waals surface area contributed by atoms with Crippen LogP contribution in [0.4, 0.5) is 0 Å². The Bertz CT molecular complexity index is 203. The molecule has 0 aliphatic rings. The average Bonchev–Trinajstić information content (AvgIpc) is 2.14.